The molecule has 0 radical (unpaired) electrons. The summed E-state index contributed by atoms with van der Waals surface area (Å²) in [4.78, 5) is 6.54. The predicted molar refractivity (Wildman–Crippen MR) is 71.9 cm³/mol. The largest absolute Gasteiger partial charge is 0.332 e. The molecular weight excluding hydrogens is 264 g/mol. The number of benzene rings is 1. The molecule has 2 aromatic rings. The molecule has 1 aromatic heterocycles. The molecule has 0 saturated carbocycles. The molecule has 0 spiro atoms. The van der Waals surface area contributed by atoms with E-state index in [1.807, 2.05) is 30.3 Å². The fourth-order valence-electron chi connectivity index (χ4n) is 1.63. The maximum absolute atomic E-state index is 11.9. The molecule has 0 saturated heterocycles. The summed E-state index contributed by atoms with van der Waals surface area (Å²) in [6.07, 6.45) is 1.28. The van der Waals surface area contributed by atoms with E-state index in [4.69, 9.17) is 5.73 Å². The molecule has 0 aliphatic heterocycles. The summed E-state index contributed by atoms with van der Waals surface area (Å²) in [6.45, 7) is 1.82. The number of hydrogen-bond donors (Lipinski definition) is 3. The Balaban J connectivity index is 2.03. The van der Waals surface area contributed by atoms with Crippen molar-refractivity contribution in [1.82, 2.24) is 14.7 Å². The molecule has 0 aliphatic carbocycles. The van der Waals surface area contributed by atoms with Gasteiger partial charge in [0.2, 0.25) is 0 Å². The molecule has 0 aliphatic rings. The number of H-pyrrole nitrogens is 1. The molecule has 0 bridgehead atoms. The second kappa shape index (κ2) is 5.52. The molecule has 0 fully saturated rings. The smallest absolute Gasteiger partial charge is 0.257 e. The van der Waals surface area contributed by atoms with Crippen molar-refractivity contribution in [3.63, 3.8) is 0 Å². The van der Waals surface area contributed by atoms with Crippen molar-refractivity contribution in [3.05, 3.63) is 47.9 Å². The SMILES string of the molecule is Cc1ncc(S(=O)(=O)NCC(N)c2ccccc2)[nH]1. The number of nitrogens with zero attached hydrogens (tertiary/aromatic N) is 1. The highest BCUT2D eigenvalue weighted by molar-refractivity contribution is 7.89. The van der Waals surface area contributed by atoms with Gasteiger partial charge in [0, 0.05) is 12.6 Å². The van der Waals surface area contributed by atoms with Crippen molar-refractivity contribution < 1.29 is 8.42 Å². The van der Waals surface area contributed by atoms with E-state index >= 15 is 0 Å². The molecule has 1 unspecified atom stereocenters. The first-order valence-electron chi connectivity index (χ1n) is 5.81. The normalized spacial score (nSPS) is 13.4. The minimum atomic E-state index is -3.59. The molecule has 1 atom stereocenters. The third kappa shape index (κ3) is 3.40. The lowest BCUT2D eigenvalue weighted by Gasteiger charge is -2.12. The Bertz CT molecular complexity index is 637. The topological polar surface area (TPSA) is 101 Å². The van der Waals surface area contributed by atoms with Crippen LogP contribution in [0.1, 0.15) is 17.4 Å². The fourth-order valence-corrected chi connectivity index (χ4v) is 2.66. The Morgan fingerprint density at radius 3 is 2.63 bits per heavy atom. The highest BCUT2D eigenvalue weighted by Crippen LogP contribution is 2.10. The van der Waals surface area contributed by atoms with Crippen molar-refractivity contribution in [2.45, 2.75) is 18.0 Å². The van der Waals surface area contributed by atoms with Crippen LogP contribution in [0.3, 0.4) is 0 Å². The van der Waals surface area contributed by atoms with Gasteiger partial charge in [-0.15, -0.1) is 0 Å². The number of sulfonamides is 1. The van der Waals surface area contributed by atoms with E-state index in [2.05, 4.69) is 14.7 Å². The second-order valence-electron chi connectivity index (χ2n) is 4.20. The maximum Gasteiger partial charge on any atom is 0.257 e. The zero-order valence-electron chi connectivity index (χ0n) is 10.5. The molecule has 19 heavy (non-hydrogen) atoms. The molecule has 2 rings (SSSR count). The van der Waals surface area contributed by atoms with E-state index in [0.717, 1.165) is 5.56 Å². The van der Waals surface area contributed by atoms with Gasteiger partial charge in [-0.05, 0) is 12.5 Å². The van der Waals surface area contributed by atoms with Gasteiger partial charge in [0.1, 0.15) is 5.82 Å². The van der Waals surface area contributed by atoms with Gasteiger partial charge in [-0.1, -0.05) is 30.3 Å². The van der Waals surface area contributed by atoms with E-state index in [1.54, 1.807) is 6.92 Å². The van der Waals surface area contributed by atoms with Crippen molar-refractivity contribution in [2.75, 3.05) is 6.54 Å². The quantitative estimate of drug-likeness (QED) is 0.750. The first-order valence-corrected chi connectivity index (χ1v) is 7.29. The first-order chi connectivity index (χ1) is 8.99. The summed E-state index contributed by atoms with van der Waals surface area (Å²) >= 11 is 0. The molecule has 0 amide bonds. The third-order valence-electron chi connectivity index (χ3n) is 2.69. The third-order valence-corrected chi connectivity index (χ3v) is 4.02. The Labute approximate surface area is 112 Å². The number of aryl methyl sites for hydroxylation is 1. The number of imidazole rings is 1. The number of rotatable bonds is 5. The molecule has 6 nitrogen and oxygen atoms in total. The molecular formula is C12H16N4O2S. The lowest BCUT2D eigenvalue weighted by atomic mass is 10.1. The molecule has 102 valence electrons. The standard InChI is InChI=1S/C12H16N4O2S/c1-9-14-8-12(16-9)19(17,18)15-7-11(13)10-5-3-2-4-6-10/h2-6,8,11,15H,7,13H2,1H3,(H,14,16). The number of nitrogens with two attached hydrogens (primary N) is 1. The van der Waals surface area contributed by atoms with Crippen LogP contribution in [0.5, 0.6) is 0 Å². The monoisotopic (exact) mass is 280 g/mol. The van der Waals surface area contributed by atoms with Gasteiger partial charge in [0.25, 0.3) is 10.0 Å². The van der Waals surface area contributed by atoms with Crippen LogP contribution in [-0.2, 0) is 10.0 Å². The zero-order valence-corrected chi connectivity index (χ0v) is 11.3. The van der Waals surface area contributed by atoms with Crippen molar-refractivity contribution in [1.29, 1.82) is 0 Å². The lowest BCUT2D eigenvalue weighted by molar-refractivity contribution is 0.569. The number of nitrogens with one attached hydrogen (secondary N) is 2. The van der Waals surface area contributed by atoms with Crippen molar-refractivity contribution >= 4 is 10.0 Å². The Kier molecular flexibility index (Phi) is 3.98. The predicted octanol–water partition coefficient (Wildman–Crippen LogP) is 0.696. The summed E-state index contributed by atoms with van der Waals surface area (Å²) in [7, 11) is -3.59. The summed E-state index contributed by atoms with van der Waals surface area (Å²) in [5, 5.41) is 0.0465. The second-order valence-corrected chi connectivity index (χ2v) is 5.94. The van der Waals surface area contributed by atoms with Crippen LogP contribution >= 0.6 is 0 Å². The van der Waals surface area contributed by atoms with Crippen LogP contribution in [-0.4, -0.2) is 24.9 Å². The highest BCUT2D eigenvalue weighted by Gasteiger charge is 2.17. The molecule has 1 aromatic carbocycles. The minimum absolute atomic E-state index is 0.0465. The number of aromatic amines is 1. The van der Waals surface area contributed by atoms with E-state index in [0.29, 0.717) is 5.82 Å². The highest BCUT2D eigenvalue weighted by atomic mass is 32.2. The average Bonchev–Trinajstić information content (AvgIpc) is 2.85. The van der Waals surface area contributed by atoms with Crippen LogP contribution in [0, 0.1) is 6.92 Å². The fraction of sp³-hybridized carbons (Fsp3) is 0.250. The average molecular weight is 280 g/mol. The summed E-state index contributed by atoms with van der Waals surface area (Å²) in [5.41, 5.74) is 6.81. The van der Waals surface area contributed by atoms with Crippen molar-refractivity contribution in [3.8, 4) is 0 Å². The zero-order chi connectivity index (χ0) is 13.9. The van der Waals surface area contributed by atoms with Gasteiger partial charge in [-0.3, -0.25) is 0 Å². The van der Waals surface area contributed by atoms with Gasteiger partial charge in [0.05, 0.1) is 6.20 Å². The van der Waals surface area contributed by atoms with E-state index < -0.39 is 10.0 Å². The number of hydrogen-bond acceptors (Lipinski definition) is 4. The van der Waals surface area contributed by atoms with Crippen LogP contribution in [0.25, 0.3) is 0 Å². The number of aromatic nitrogens is 2. The van der Waals surface area contributed by atoms with Gasteiger partial charge in [0.15, 0.2) is 5.03 Å². The minimum Gasteiger partial charge on any atom is -0.332 e. The van der Waals surface area contributed by atoms with Crippen LogP contribution < -0.4 is 10.5 Å². The van der Waals surface area contributed by atoms with Crippen LogP contribution in [0.15, 0.2) is 41.6 Å². The Morgan fingerprint density at radius 1 is 1.37 bits per heavy atom. The maximum atomic E-state index is 11.9. The van der Waals surface area contributed by atoms with Gasteiger partial charge >= 0.3 is 0 Å². The molecule has 4 N–H and O–H groups in total. The van der Waals surface area contributed by atoms with Crippen molar-refractivity contribution in [2.24, 2.45) is 5.73 Å². The lowest BCUT2D eigenvalue weighted by Crippen LogP contribution is -2.32. The van der Waals surface area contributed by atoms with E-state index in [1.165, 1.54) is 6.20 Å². The van der Waals surface area contributed by atoms with Crippen LogP contribution in [0.2, 0.25) is 0 Å². The first kappa shape index (κ1) is 13.7. The van der Waals surface area contributed by atoms with E-state index in [9.17, 15) is 8.42 Å². The van der Waals surface area contributed by atoms with Gasteiger partial charge < -0.3 is 10.7 Å². The Hall–Kier alpha value is -1.70. The summed E-state index contributed by atoms with van der Waals surface area (Å²) < 4.78 is 26.3. The molecule has 1 heterocycles. The van der Waals surface area contributed by atoms with Gasteiger partial charge in [-0.25, -0.2) is 18.1 Å². The molecule has 7 heteroatoms. The Morgan fingerprint density at radius 2 is 2.05 bits per heavy atom. The van der Waals surface area contributed by atoms with E-state index in [-0.39, 0.29) is 17.6 Å². The van der Waals surface area contributed by atoms with Gasteiger partial charge in [-0.2, -0.15) is 0 Å². The summed E-state index contributed by atoms with van der Waals surface area (Å²) in [6, 6.07) is 8.94. The van der Waals surface area contributed by atoms with Crippen LogP contribution in [0.4, 0.5) is 0 Å². The summed E-state index contributed by atoms with van der Waals surface area (Å²) in [5.74, 6) is 0.549.